The summed E-state index contributed by atoms with van der Waals surface area (Å²) in [5.74, 6) is 0.747. The Labute approximate surface area is 262 Å². The molecule has 1 aromatic heterocycles. The fraction of sp³-hybridized carbons (Fsp3) is 0.395. The zero-order chi connectivity index (χ0) is 32.2. The first kappa shape index (κ1) is 35.2. The van der Waals surface area contributed by atoms with Crippen LogP contribution >= 0.6 is 0 Å². The molecule has 3 N–H and O–H groups in total. The molecule has 0 amide bonds. The van der Waals surface area contributed by atoms with Gasteiger partial charge < -0.3 is 20.9 Å². The molecule has 0 saturated carbocycles. The van der Waals surface area contributed by atoms with Crippen molar-refractivity contribution in [2.24, 2.45) is 5.41 Å². The Bertz CT molecular complexity index is 1330. The quantitative estimate of drug-likeness (QED) is 0.191. The van der Waals surface area contributed by atoms with Crippen molar-refractivity contribution in [2.45, 2.75) is 74.1 Å². The van der Waals surface area contributed by atoms with E-state index in [1.807, 2.05) is 26.2 Å². The van der Waals surface area contributed by atoms with Gasteiger partial charge in [0.25, 0.3) is 0 Å². The van der Waals surface area contributed by atoms with Crippen molar-refractivity contribution < 1.29 is 0 Å². The van der Waals surface area contributed by atoms with E-state index in [1.54, 1.807) is 0 Å². The van der Waals surface area contributed by atoms with Crippen LogP contribution in [0.4, 0.5) is 5.82 Å². The number of anilines is 1. The molecule has 232 valence electrons. The van der Waals surface area contributed by atoms with Crippen LogP contribution in [0.15, 0.2) is 109 Å². The van der Waals surface area contributed by atoms with Crippen molar-refractivity contribution in [3.05, 3.63) is 120 Å². The molecule has 0 atom stereocenters. The summed E-state index contributed by atoms with van der Waals surface area (Å²) in [6, 6.07) is 2.11. The Morgan fingerprint density at radius 1 is 1.05 bits per heavy atom. The zero-order valence-corrected chi connectivity index (χ0v) is 28.1. The van der Waals surface area contributed by atoms with Crippen LogP contribution in [0.25, 0.3) is 11.1 Å². The minimum absolute atomic E-state index is 0.141. The molecular weight excluding hydrogens is 526 g/mol. The molecule has 1 fully saturated rings. The lowest BCUT2D eigenvalue weighted by Gasteiger charge is -2.32. The highest BCUT2D eigenvalue weighted by Crippen LogP contribution is 2.30. The Morgan fingerprint density at radius 2 is 1.72 bits per heavy atom. The van der Waals surface area contributed by atoms with Gasteiger partial charge in [-0.2, -0.15) is 0 Å². The van der Waals surface area contributed by atoms with Crippen molar-refractivity contribution in [1.29, 1.82) is 0 Å². The van der Waals surface area contributed by atoms with Gasteiger partial charge in [0.15, 0.2) is 0 Å². The van der Waals surface area contributed by atoms with Crippen LogP contribution in [0.3, 0.4) is 0 Å². The second-order valence-electron chi connectivity index (χ2n) is 12.3. The highest BCUT2D eigenvalue weighted by atomic mass is 15.1. The highest BCUT2D eigenvalue weighted by molar-refractivity contribution is 5.85. The van der Waals surface area contributed by atoms with E-state index in [4.69, 9.17) is 4.98 Å². The van der Waals surface area contributed by atoms with Gasteiger partial charge in [-0.25, -0.2) is 4.98 Å². The third kappa shape index (κ3) is 10.7. The smallest absolute Gasteiger partial charge is 0.133 e. The van der Waals surface area contributed by atoms with Gasteiger partial charge in [0.1, 0.15) is 5.82 Å². The number of hydrogen-bond acceptors (Lipinski definition) is 5. The summed E-state index contributed by atoms with van der Waals surface area (Å²) in [5.41, 5.74) is 9.88. The second kappa shape index (κ2) is 16.6. The average molecular weight is 582 g/mol. The maximum atomic E-state index is 4.74. The van der Waals surface area contributed by atoms with E-state index in [-0.39, 0.29) is 5.41 Å². The minimum atomic E-state index is 0.141. The van der Waals surface area contributed by atoms with Crippen LogP contribution in [0.1, 0.15) is 85.3 Å². The lowest BCUT2D eigenvalue weighted by Crippen LogP contribution is -2.30. The number of nitrogens with zero attached hydrogens (tertiary/aromatic N) is 2. The molecule has 5 nitrogen and oxygen atoms in total. The van der Waals surface area contributed by atoms with Gasteiger partial charge in [-0.1, -0.05) is 65.3 Å². The molecule has 43 heavy (non-hydrogen) atoms. The molecule has 0 bridgehead atoms. The third-order valence-electron chi connectivity index (χ3n) is 7.48. The molecule has 0 radical (unpaired) electrons. The molecule has 2 heterocycles. The molecule has 0 aromatic carbocycles. The first-order chi connectivity index (χ1) is 20.3. The Morgan fingerprint density at radius 3 is 2.28 bits per heavy atom. The summed E-state index contributed by atoms with van der Waals surface area (Å²) >= 11 is 0. The Hall–Kier alpha value is -3.99. The number of nitrogens with one attached hydrogen (secondary N) is 3. The third-order valence-corrected chi connectivity index (χ3v) is 7.48. The van der Waals surface area contributed by atoms with E-state index in [9.17, 15) is 0 Å². The monoisotopic (exact) mass is 581 g/mol. The fourth-order valence-corrected chi connectivity index (χ4v) is 5.13. The molecule has 0 unspecified atom stereocenters. The molecule has 1 aromatic rings. The molecule has 2 rings (SSSR count). The average Bonchev–Trinajstić information content (AvgIpc) is 2.98. The fourth-order valence-electron chi connectivity index (χ4n) is 5.13. The van der Waals surface area contributed by atoms with Gasteiger partial charge in [0.2, 0.25) is 0 Å². The normalized spacial score (nSPS) is 15.6. The van der Waals surface area contributed by atoms with Gasteiger partial charge in [0.05, 0.1) is 0 Å². The van der Waals surface area contributed by atoms with Gasteiger partial charge in [-0.05, 0) is 94.2 Å². The maximum absolute atomic E-state index is 4.74. The minimum Gasteiger partial charge on any atom is -0.373 e. The molecule has 5 heteroatoms. The van der Waals surface area contributed by atoms with E-state index in [2.05, 4.69) is 125 Å². The van der Waals surface area contributed by atoms with Gasteiger partial charge in [-0.15, -0.1) is 0 Å². The van der Waals surface area contributed by atoms with Gasteiger partial charge in [0, 0.05) is 71.5 Å². The lowest BCUT2D eigenvalue weighted by molar-refractivity contribution is 0.289. The predicted molar refractivity (Wildman–Crippen MR) is 190 cm³/mol. The van der Waals surface area contributed by atoms with Crippen molar-refractivity contribution in [3.63, 3.8) is 0 Å². The van der Waals surface area contributed by atoms with Crippen LogP contribution in [-0.4, -0.2) is 30.0 Å². The van der Waals surface area contributed by atoms with Crippen LogP contribution in [0.5, 0.6) is 0 Å². The summed E-state index contributed by atoms with van der Waals surface area (Å²) in [7, 11) is 1.87. The molecule has 1 aliphatic rings. The number of allylic oxidation sites excluding steroid dienone is 11. The van der Waals surface area contributed by atoms with Crippen LogP contribution in [-0.2, 0) is 0 Å². The lowest BCUT2D eigenvalue weighted by atomic mass is 9.91. The van der Waals surface area contributed by atoms with E-state index < -0.39 is 0 Å². The van der Waals surface area contributed by atoms with Crippen molar-refractivity contribution in [3.8, 4) is 0 Å². The molecule has 1 saturated heterocycles. The zero-order valence-electron chi connectivity index (χ0n) is 28.1. The van der Waals surface area contributed by atoms with E-state index in [0.717, 1.165) is 70.4 Å². The van der Waals surface area contributed by atoms with E-state index in [1.165, 1.54) is 30.5 Å². The number of piperidine rings is 1. The number of hydrogen-bond donors (Lipinski definition) is 3. The molecule has 0 spiro atoms. The summed E-state index contributed by atoms with van der Waals surface area (Å²) in [6.07, 6.45) is 18.9. The first-order valence-electron chi connectivity index (χ1n) is 15.4. The summed E-state index contributed by atoms with van der Waals surface area (Å²) in [4.78, 5) is 7.23. The van der Waals surface area contributed by atoms with Crippen LogP contribution in [0.2, 0.25) is 0 Å². The van der Waals surface area contributed by atoms with E-state index in [0.29, 0.717) is 0 Å². The van der Waals surface area contributed by atoms with Crippen LogP contribution in [0, 0.1) is 5.41 Å². The first-order valence-corrected chi connectivity index (χ1v) is 15.4. The van der Waals surface area contributed by atoms with Crippen molar-refractivity contribution in [2.75, 3.05) is 25.5 Å². The van der Waals surface area contributed by atoms with Gasteiger partial charge in [-0.3, -0.25) is 0 Å². The number of pyridine rings is 1. The number of likely N-dealkylation sites (tertiary alicyclic amines) is 1. The topological polar surface area (TPSA) is 52.2 Å². The molecule has 1 aliphatic heterocycles. The number of rotatable bonds is 14. The Kier molecular flexibility index (Phi) is 13.6. The Balaban J connectivity index is 2.37. The SMILES string of the molecule is C=C/C(=C\C(=C/C)c1cnc(NC)c(C(=C)C(=C)N/C(C)=C(C)/C(=C\C=C/C)N2CCCCC2)c1)NC(=C)CC(C)(C)C. The summed E-state index contributed by atoms with van der Waals surface area (Å²) in [5, 5.41) is 10.2. The number of aromatic nitrogens is 1. The van der Waals surface area contributed by atoms with Crippen molar-refractivity contribution >= 4 is 17.0 Å². The standard InChI is InChI=1S/C38H55N5/c1-13-16-20-36(43-21-18-17-19-22-43)29(6)31(8)42-30(7)28(5)35-24-33(26-40-37(35)39-12)32(14-2)23-34(15-3)41-27(4)25-38(9,10)11/h13-16,20,23-24,26,41-42H,3-5,7,17-19,21-22,25H2,1-2,6,8-12H3,(H,39,40)/b16-13-,31-29+,32-14+,34-23+,36-20+. The molecule has 0 aliphatic carbocycles. The summed E-state index contributed by atoms with van der Waals surface area (Å²) in [6.45, 7) is 34.2. The second-order valence-corrected chi connectivity index (χ2v) is 12.3. The maximum Gasteiger partial charge on any atom is 0.133 e. The van der Waals surface area contributed by atoms with Crippen LogP contribution < -0.4 is 16.0 Å². The molecular formula is C38H55N5. The van der Waals surface area contributed by atoms with Gasteiger partial charge >= 0.3 is 0 Å². The largest absolute Gasteiger partial charge is 0.373 e. The van der Waals surface area contributed by atoms with E-state index >= 15 is 0 Å². The highest BCUT2D eigenvalue weighted by Gasteiger charge is 2.18. The van der Waals surface area contributed by atoms with Crippen molar-refractivity contribution in [1.82, 2.24) is 20.5 Å². The summed E-state index contributed by atoms with van der Waals surface area (Å²) < 4.78 is 0. The predicted octanol–water partition coefficient (Wildman–Crippen LogP) is 9.49.